The number of sulfonamides is 1. The van der Waals surface area contributed by atoms with Crippen LogP contribution in [0.4, 0.5) is 5.69 Å². The van der Waals surface area contributed by atoms with Gasteiger partial charge in [0.25, 0.3) is 15.9 Å². The summed E-state index contributed by atoms with van der Waals surface area (Å²) in [6, 6.07) is 16.4. The minimum absolute atomic E-state index is 0.194. The first-order chi connectivity index (χ1) is 12.5. The third-order valence-corrected chi connectivity index (χ3v) is 6.27. The molecule has 3 rings (SSSR count). The maximum atomic E-state index is 13.1. The molecule has 0 bridgehead atoms. The molecule has 1 heterocycles. The molecule has 1 amide bonds. The van der Waals surface area contributed by atoms with Crippen molar-refractivity contribution in [2.24, 2.45) is 0 Å². The van der Waals surface area contributed by atoms with Crippen molar-refractivity contribution in [3.63, 3.8) is 0 Å². The van der Waals surface area contributed by atoms with Crippen molar-refractivity contribution in [2.75, 3.05) is 17.9 Å². The molecule has 2 aromatic carbocycles. The Kier molecular flexibility index (Phi) is 5.13. The Balaban J connectivity index is 2.27. The highest BCUT2D eigenvalue weighted by Gasteiger charge is 2.39. The number of unbranched alkanes of at least 4 members (excludes halogenated alkanes) is 1. The Hall–Kier alpha value is -2.60. The van der Waals surface area contributed by atoms with Gasteiger partial charge in [-0.1, -0.05) is 61.9 Å². The van der Waals surface area contributed by atoms with Crippen LogP contribution in [0.25, 0.3) is 5.57 Å². The fourth-order valence-electron chi connectivity index (χ4n) is 3.06. The van der Waals surface area contributed by atoms with Gasteiger partial charge in [0.05, 0.1) is 5.69 Å². The first-order valence-corrected chi connectivity index (χ1v) is 10.1. The molecule has 1 aliphatic rings. The van der Waals surface area contributed by atoms with Crippen LogP contribution >= 0.6 is 0 Å². The molecule has 0 radical (unpaired) electrons. The molecule has 0 aliphatic carbocycles. The van der Waals surface area contributed by atoms with E-state index in [2.05, 4.69) is 5.32 Å². The number of benzene rings is 2. The Labute approximate surface area is 154 Å². The molecule has 5 nitrogen and oxygen atoms in total. The van der Waals surface area contributed by atoms with Crippen LogP contribution < -0.4 is 9.62 Å². The Morgan fingerprint density at radius 2 is 1.69 bits per heavy atom. The van der Waals surface area contributed by atoms with E-state index in [1.807, 2.05) is 49.4 Å². The number of hydrogen-bond acceptors (Lipinski definition) is 3. The molecule has 0 saturated carbocycles. The minimum atomic E-state index is -3.95. The summed E-state index contributed by atoms with van der Waals surface area (Å²) < 4.78 is 27.5. The van der Waals surface area contributed by atoms with Crippen molar-refractivity contribution in [2.45, 2.75) is 19.8 Å². The van der Waals surface area contributed by atoms with Crippen LogP contribution in [-0.2, 0) is 14.8 Å². The second-order valence-electron chi connectivity index (χ2n) is 6.17. The second kappa shape index (κ2) is 7.33. The SMILES string of the molecule is CCCCNC(=O)C1=C(c2ccccc2)c2ccccc2N(C)S1(=O)=O. The van der Waals surface area contributed by atoms with Crippen molar-refractivity contribution >= 4 is 27.2 Å². The molecule has 26 heavy (non-hydrogen) atoms. The highest BCUT2D eigenvalue weighted by atomic mass is 32.2. The average Bonchev–Trinajstić information content (AvgIpc) is 2.65. The quantitative estimate of drug-likeness (QED) is 0.822. The molecule has 0 fully saturated rings. The van der Waals surface area contributed by atoms with Gasteiger partial charge in [0.2, 0.25) is 0 Å². The number of hydrogen-bond donors (Lipinski definition) is 1. The summed E-state index contributed by atoms with van der Waals surface area (Å²) in [6.07, 6.45) is 1.71. The third kappa shape index (κ3) is 3.12. The van der Waals surface area contributed by atoms with Gasteiger partial charge < -0.3 is 5.32 Å². The Bertz CT molecular complexity index is 950. The van der Waals surface area contributed by atoms with Crippen LogP contribution in [-0.4, -0.2) is 27.9 Å². The molecule has 6 heteroatoms. The van der Waals surface area contributed by atoms with Gasteiger partial charge in [-0.15, -0.1) is 0 Å². The monoisotopic (exact) mass is 370 g/mol. The summed E-state index contributed by atoms with van der Waals surface area (Å²) in [6.45, 7) is 2.46. The molecule has 0 aromatic heterocycles. The maximum absolute atomic E-state index is 13.1. The van der Waals surface area contributed by atoms with E-state index in [-0.39, 0.29) is 4.91 Å². The van der Waals surface area contributed by atoms with Gasteiger partial charge in [-0.3, -0.25) is 9.10 Å². The average molecular weight is 370 g/mol. The molecule has 1 N–H and O–H groups in total. The fourth-order valence-corrected chi connectivity index (χ4v) is 4.54. The van der Waals surface area contributed by atoms with Crippen molar-refractivity contribution in [1.29, 1.82) is 0 Å². The van der Waals surface area contributed by atoms with E-state index < -0.39 is 15.9 Å². The van der Waals surface area contributed by atoms with Crippen LogP contribution in [0.1, 0.15) is 30.9 Å². The summed E-state index contributed by atoms with van der Waals surface area (Å²) >= 11 is 0. The first-order valence-electron chi connectivity index (χ1n) is 8.64. The summed E-state index contributed by atoms with van der Waals surface area (Å²) in [5.41, 5.74) is 2.46. The number of rotatable bonds is 5. The van der Waals surface area contributed by atoms with Crippen molar-refractivity contribution in [3.05, 3.63) is 70.6 Å². The summed E-state index contributed by atoms with van der Waals surface area (Å²) in [7, 11) is -2.47. The molecule has 0 spiro atoms. The first kappa shape index (κ1) is 18.2. The number of carbonyl (C=O) groups excluding carboxylic acids is 1. The fraction of sp³-hybridized carbons (Fsp3) is 0.250. The number of amides is 1. The zero-order valence-electron chi connectivity index (χ0n) is 14.9. The number of carbonyl (C=O) groups is 1. The van der Waals surface area contributed by atoms with Crippen molar-refractivity contribution < 1.29 is 13.2 Å². The van der Waals surface area contributed by atoms with Gasteiger partial charge in [-0.25, -0.2) is 8.42 Å². The summed E-state index contributed by atoms with van der Waals surface area (Å²) in [5.74, 6) is -0.557. The number of para-hydroxylation sites is 1. The molecule has 0 atom stereocenters. The van der Waals surface area contributed by atoms with Gasteiger partial charge in [0.15, 0.2) is 4.91 Å². The number of anilines is 1. The zero-order chi connectivity index (χ0) is 18.7. The van der Waals surface area contributed by atoms with Gasteiger partial charge in [0.1, 0.15) is 0 Å². The van der Waals surface area contributed by atoms with E-state index in [1.54, 1.807) is 12.1 Å². The second-order valence-corrected chi connectivity index (χ2v) is 8.08. The molecular weight excluding hydrogens is 348 g/mol. The smallest absolute Gasteiger partial charge is 0.270 e. The van der Waals surface area contributed by atoms with E-state index in [0.29, 0.717) is 23.4 Å². The molecule has 0 unspecified atom stereocenters. The van der Waals surface area contributed by atoms with Crippen LogP contribution in [0.2, 0.25) is 0 Å². The standard InChI is InChI=1S/C20H22N2O3S/c1-3-4-14-21-20(23)19-18(15-10-6-5-7-11-15)16-12-8-9-13-17(16)22(2)26(19,24)25/h5-13H,3-4,14H2,1-2H3,(H,21,23). The van der Waals surface area contributed by atoms with Gasteiger partial charge in [0, 0.05) is 24.7 Å². The minimum Gasteiger partial charge on any atom is -0.351 e. The van der Waals surface area contributed by atoms with E-state index in [9.17, 15) is 13.2 Å². The van der Waals surface area contributed by atoms with Crippen LogP contribution in [0.5, 0.6) is 0 Å². The van der Waals surface area contributed by atoms with Crippen LogP contribution in [0.15, 0.2) is 59.5 Å². The third-order valence-electron chi connectivity index (χ3n) is 4.44. The highest BCUT2D eigenvalue weighted by molar-refractivity contribution is 7.97. The zero-order valence-corrected chi connectivity index (χ0v) is 15.7. The molecule has 2 aromatic rings. The number of fused-ring (bicyclic) bond motifs is 1. The van der Waals surface area contributed by atoms with Gasteiger partial charge in [-0.2, -0.15) is 0 Å². The lowest BCUT2D eigenvalue weighted by Crippen LogP contribution is -2.39. The molecule has 136 valence electrons. The van der Waals surface area contributed by atoms with E-state index in [1.165, 1.54) is 11.4 Å². The van der Waals surface area contributed by atoms with Gasteiger partial charge in [-0.05, 0) is 18.1 Å². The summed E-state index contributed by atoms with van der Waals surface area (Å²) in [5, 5.41) is 2.76. The molecule has 0 saturated heterocycles. The van der Waals surface area contributed by atoms with Crippen molar-refractivity contribution in [3.8, 4) is 0 Å². The highest BCUT2D eigenvalue weighted by Crippen LogP contribution is 2.41. The maximum Gasteiger partial charge on any atom is 0.270 e. The lowest BCUT2D eigenvalue weighted by atomic mass is 9.95. The van der Waals surface area contributed by atoms with Crippen LogP contribution in [0, 0.1) is 0 Å². The van der Waals surface area contributed by atoms with E-state index in [0.717, 1.165) is 18.4 Å². The molecular formula is C20H22N2O3S. The van der Waals surface area contributed by atoms with E-state index in [4.69, 9.17) is 0 Å². The van der Waals surface area contributed by atoms with E-state index >= 15 is 0 Å². The Morgan fingerprint density at radius 1 is 1.04 bits per heavy atom. The summed E-state index contributed by atoms with van der Waals surface area (Å²) in [4.78, 5) is 12.7. The number of nitrogens with zero attached hydrogens (tertiary/aromatic N) is 1. The normalized spacial score (nSPS) is 15.5. The van der Waals surface area contributed by atoms with Crippen molar-refractivity contribution in [1.82, 2.24) is 5.32 Å². The number of nitrogens with one attached hydrogen (secondary N) is 1. The largest absolute Gasteiger partial charge is 0.351 e. The lowest BCUT2D eigenvalue weighted by molar-refractivity contribution is -0.116. The lowest BCUT2D eigenvalue weighted by Gasteiger charge is -2.30. The van der Waals surface area contributed by atoms with Gasteiger partial charge >= 0.3 is 0 Å². The Morgan fingerprint density at radius 3 is 2.38 bits per heavy atom. The van der Waals surface area contributed by atoms with Crippen LogP contribution in [0.3, 0.4) is 0 Å². The topological polar surface area (TPSA) is 66.5 Å². The predicted octanol–water partition coefficient (Wildman–Crippen LogP) is 3.14. The molecule has 1 aliphatic heterocycles. The predicted molar refractivity (Wildman–Crippen MR) is 104 cm³/mol.